The fraction of sp³-hybridized carbons (Fsp3) is 1.00. The zero-order chi connectivity index (χ0) is 13.7. The van der Waals surface area contributed by atoms with E-state index in [9.17, 15) is 5.11 Å². The van der Waals surface area contributed by atoms with Crippen LogP contribution in [0.15, 0.2) is 0 Å². The summed E-state index contributed by atoms with van der Waals surface area (Å²) in [6, 6.07) is 0. The molecule has 1 aliphatic carbocycles. The van der Waals surface area contributed by atoms with E-state index in [4.69, 9.17) is 0 Å². The molecule has 0 bridgehead atoms. The Morgan fingerprint density at radius 3 is 2.63 bits per heavy atom. The van der Waals surface area contributed by atoms with Crippen molar-refractivity contribution in [1.29, 1.82) is 0 Å². The summed E-state index contributed by atoms with van der Waals surface area (Å²) in [5, 5.41) is 13.2. The molecule has 0 amide bonds. The maximum absolute atomic E-state index is 9.64. The van der Waals surface area contributed by atoms with Crippen molar-refractivity contribution in [3.05, 3.63) is 0 Å². The van der Waals surface area contributed by atoms with Gasteiger partial charge in [0.1, 0.15) is 0 Å². The van der Waals surface area contributed by atoms with Crippen LogP contribution < -0.4 is 5.32 Å². The number of likely N-dealkylation sites (tertiary alicyclic amines) is 1. The highest BCUT2D eigenvalue weighted by Crippen LogP contribution is 2.40. The van der Waals surface area contributed by atoms with Gasteiger partial charge in [0.25, 0.3) is 0 Å². The maximum Gasteiger partial charge on any atom is 0.0564 e. The van der Waals surface area contributed by atoms with Gasteiger partial charge in [0.15, 0.2) is 0 Å². The van der Waals surface area contributed by atoms with Crippen molar-refractivity contribution in [3.8, 4) is 0 Å². The Morgan fingerprint density at radius 1 is 1.26 bits per heavy atom. The minimum absolute atomic E-state index is 0.0498. The lowest BCUT2D eigenvalue weighted by atomic mass is 9.69. The Kier molecular flexibility index (Phi) is 5.67. The van der Waals surface area contributed by atoms with Gasteiger partial charge >= 0.3 is 0 Å². The molecule has 3 heteroatoms. The van der Waals surface area contributed by atoms with Gasteiger partial charge in [0, 0.05) is 26.2 Å². The standard InChI is InChI=1S/C16H32N2O/c1-3-17-12-16(8-4-5-14(2)11-16)13-18-9-6-15(19)7-10-18/h14-15,17,19H,3-13H2,1-2H3. The van der Waals surface area contributed by atoms with E-state index in [1.165, 1.54) is 38.8 Å². The van der Waals surface area contributed by atoms with Crippen molar-refractivity contribution >= 4 is 0 Å². The van der Waals surface area contributed by atoms with Crippen LogP contribution in [0.3, 0.4) is 0 Å². The predicted molar refractivity (Wildman–Crippen MR) is 80.3 cm³/mol. The summed E-state index contributed by atoms with van der Waals surface area (Å²) < 4.78 is 0. The second-order valence-corrected chi connectivity index (χ2v) is 6.99. The zero-order valence-corrected chi connectivity index (χ0v) is 12.8. The lowest BCUT2D eigenvalue weighted by Crippen LogP contribution is -2.49. The Hall–Kier alpha value is -0.120. The summed E-state index contributed by atoms with van der Waals surface area (Å²) >= 11 is 0. The Bertz CT molecular complexity index is 263. The average Bonchev–Trinajstić information content (AvgIpc) is 2.39. The highest BCUT2D eigenvalue weighted by atomic mass is 16.3. The fourth-order valence-electron chi connectivity index (χ4n) is 4.07. The SMILES string of the molecule is CCNCC1(CN2CCC(O)CC2)CCCC(C)C1. The molecule has 2 unspecified atom stereocenters. The molecular formula is C16H32N2O. The fourth-order valence-corrected chi connectivity index (χ4v) is 4.07. The molecule has 0 aromatic carbocycles. The molecule has 0 spiro atoms. The van der Waals surface area contributed by atoms with Crippen LogP contribution in [-0.2, 0) is 0 Å². The minimum atomic E-state index is -0.0498. The van der Waals surface area contributed by atoms with Crippen LogP contribution in [0.4, 0.5) is 0 Å². The number of rotatable bonds is 5. The normalized spacial score (nSPS) is 34.6. The molecular weight excluding hydrogens is 236 g/mol. The summed E-state index contributed by atoms with van der Waals surface area (Å²) in [5.74, 6) is 0.878. The smallest absolute Gasteiger partial charge is 0.0564 e. The third kappa shape index (κ3) is 4.44. The zero-order valence-electron chi connectivity index (χ0n) is 12.8. The molecule has 0 radical (unpaired) electrons. The van der Waals surface area contributed by atoms with E-state index in [-0.39, 0.29) is 6.10 Å². The van der Waals surface area contributed by atoms with Crippen LogP contribution in [0.25, 0.3) is 0 Å². The summed E-state index contributed by atoms with van der Waals surface area (Å²) in [4.78, 5) is 2.60. The van der Waals surface area contributed by atoms with Gasteiger partial charge in [0.2, 0.25) is 0 Å². The first-order valence-corrected chi connectivity index (χ1v) is 8.25. The average molecular weight is 268 g/mol. The summed E-state index contributed by atoms with van der Waals surface area (Å²) in [6.07, 6.45) is 7.43. The van der Waals surface area contributed by atoms with Crippen molar-refractivity contribution in [3.63, 3.8) is 0 Å². The van der Waals surface area contributed by atoms with Gasteiger partial charge in [-0.3, -0.25) is 0 Å². The molecule has 2 rings (SSSR count). The Balaban J connectivity index is 1.92. The van der Waals surface area contributed by atoms with Crippen molar-refractivity contribution in [1.82, 2.24) is 10.2 Å². The van der Waals surface area contributed by atoms with E-state index in [2.05, 4.69) is 24.1 Å². The Labute approximate surface area is 118 Å². The monoisotopic (exact) mass is 268 g/mol. The van der Waals surface area contributed by atoms with Gasteiger partial charge in [-0.1, -0.05) is 26.7 Å². The molecule has 3 nitrogen and oxygen atoms in total. The third-order valence-corrected chi connectivity index (χ3v) is 5.05. The Morgan fingerprint density at radius 2 is 2.00 bits per heavy atom. The number of aliphatic hydroxyl groups excluding tert-OH is 1. The number of aliphatic hydroxyl groups is 1. The van der Waals surface area contributed by atoms with E-state index in [0.29, 0.717) is 5.41 Å². The van der Waals surface area contributed by atoms with Gasteiger partial charge in [-0.15, -0.1) is 0 Å². The minimum Gasteiger partial charge on any atom is -0.393 e. The molecule has 1 aliphatic heterocycles. The lowest BCUT2D eigenvalue weighted by molar-refractivity contribution is 0.0343. The number of hydrogen-bond donors (Lipinski definition) is 2. The second kappa shape index (κ2) is 7.05. The lowest BCUT2D eigenvalue weighted by Gasteiger charge is -2.45. The van der Waals surface area contributed by atoms with Crippen LogP contribution in [0.5, 0.6) is 0 Å². The van der Waals surface area contributed by atoms with E-state index in [1.54, 1.807) is 0 Å². The number of hydrogen-bond acceptors (Lipinski definition) is 3. The molecule has 1 saturated carbocycles. The number of piperidine rings is 1. The van der Waals surface area contributed by atoms with Crippen LogP contribution in [-0.4, -0.2) is 48.8 Å². The van der Waals surface area contributed by atoms with Gasteiger partial charge in [-0.2, -0.15) is 0 Å². The molecule has 1 heterocycles. The van der Waals surface area contributed by atoms with E-state index in [1.807, 2.05) is 0 Å². The predicted octanol–water partition coefficient (Wildman–Crippen LogP) is 2.25. The summed E-state index contributed by atoms with van der Waals surface area (Å²) in [7, 11) is 0. The van der Waals surface area contributed by atoms with Gasteiger partial charge in [-0.05, 0) is 43.6 Å². The van der Waals surface area contributed by atoms with E-state index in [0.717, 1.165) is 38.4 Å². The first kappa shape index (κ1) is 15.3. The highest BCUT2D eigenvalue weighted by molar-refractivity contribution is 4.90. The van der Waals surface area contributed by atoms with Gasteiger partial charge in [-0.25, -0.2) is 0 Å². The van der Waals surface area contributed by atoms with Crippen molar-refractivity contribution in [2.24, 2.45) is 11.3 Å². The van der Waals surface area contributed by atoms with E-state index < -0.39 is 0 Å². The van der Waals surface area contributed by atoms with E-state index >= 15 is 0 Å². The first-order chi connectivity index (χ1) is 9.13. The van der Waals surface area contributed by atoms with Crippen LogP contribution in [0.2, 0.25) is 0 Å². The molecule has 1 saturated heterocycles. The molecule has 19 heavy (non-hydrogen) atoms. The molecule has 2 fully saturated rings. The molecule has 112 valence electrons. The molecule has 2 atom stereocenters. The summed E-state index contributed by atoms with van der Waals surface area (Å²) in [6.45, 7) is 10.3. The van der Waals surface area contributed by atoms with Crippen LogP contribution in [0, 0.1) is 11.3 Å². The van der Waals surface area contributed by atoms with Gasteiger partial charge in [0.05, 0.1) is 6.10 Å². The first-order valence-electron chi connectivity index (χ1n) is 8.25. The molecule has 2 aliphatic rings. The topological polar surface area (TPSA) is 35.5 Å². The van der Waals surface area contributed by atoms with Crippen molar-refractivity contribution < 1.29 is 5.11 Å². The van der Waals surface area contributed by atoms with Crippen LogP contribution in [0.1, 0.15) is 52.4 Å². The van der Waals surface area contributed by atoms with Crippen molar-refractivity contribution in [2.45, 2.75) is 58.5 Å². The quantitative estimate of drug-likeness (QED) is 0.803. The summed E-state index contributed by atoms with van der Waals surface area (Å²) in [5.41, 5.74) is 0.482. The molecule has 0 aromatic rings. The van der Waals surface area contributed by atoms with Crippen LogP contribution >= 0.6 is 0 Å². The third-order valence-electron chi connectivity index (χ3n) is 5.05. The molecule has 2 N–H and O–H groups in total. The number of nitrogens with zero attached hydrogens (tertiary/aromatic N) is 1. The van der Waals surface area contributed by atoms with Crippen molar-refractivity contribution in [2.75, 3.05) is 32.7 Å². The van der Waals surface area contributed by atoms with Gasteiger partial charge < -0.3 is 15.3 Å². The number of nitrogens with one attached hydrogen (secondary N) is 1. The maximum atomic E-state index is 9.64. The molecule has 0 aromatic heterocycles. The highest BCUT2D eigenvalue weighted by Gasteiger charge is 2.36. The second-order valence-electron chi connectivity index (χ2n) is 6.99. The largest absolute Gasteiger partial charge is 0.393 e.